The number of hydrogen-bond donors (Lipinski definition) is 2. The lowest BCUT2D eigenvalue weighted by Crippen LogP contribution is -2.35. The lowest BCUT2D eigenvalue weighted by atomic mass is 10.2. The van der Waals surface area contributed by atoms with Crippen LogP contribution in [0, 0.1) is 0 Å². The van der Waals surface area contributed by atoms with Crippen LogP contribution in [0.1, 0.15) is 19.8 Å². The number of carbonyl (C=O) groups excluding carboxylic acids is 1. The zero-order valence-electron chi connectivity index (χ0n) is 11.4. The highest BCUT2D eigenvalue weighted by atomic mass is 16.5. The summed E-state index contributed by atoms with van der Waals surface area (Å²) in [6, 6.07) is 5.31. The third-order valence-corrected chi connectivity index (χ3v) is 3.11. The smallest absolute Gasteiger partial charge is 0.241 e. The Morgan fingerprint density at radius 2 is 2.32 bits per heavy atom. The van der Waals surface area contributed by atoms with Crippen LogP contribution in [0.25, 0.3) is 0 Å². The molecule has 1 aromatic carbocycles. The van der Waals surface area contributed by atoms with Gasteiger partial charge in [-0.3, -0.25) is 4.79 Å². The SMILES string of the molecule is CCOc1cc(NC(=O)C2CCCN2)ccc1OC. The van der Waals surface area contributed by atoms with Gasteiger partial charge in [-0.1, -0.05) is 0 Å². The fourth-order valence-corrected chi connectivity index (χ4v) is 2.16. The van der Waals surface area contributed by atoms with E-state index in [1.165, 1.54) is 0 Å². The Morgan fingerprint density at radius 1 is 1.47 bits per heavy atom. The van der Waals surface area contributed by atoms with Crippen LogP contribution in [0.15, 0.2) is 18.2 Å². The zero-order valence-corrected chi connectivity index (χ0v) is 11.4. The number of carbonyl (C=O) groups is 1. The van der Waals surface area contributed by atoms with E-state index < -0.39 is 0 Å². The summed E-state index contributed by atoms with van der Waals surface area (Å²) in [6.45, 7) is 3.37. The van der Waals surface area contributed by atoms with Gasteiger partial charge < -0.3 is 20.1 Å². The standard InChI is InChI=1S/C14H20N2O3/c1-3-19-13-9-10(6-7-12(13)18-2)16-14(17)11-5-4-8-15-11/h6-7,9,11,15H,3-5,8H2,1-2H3,(H,16,17). The molecular weight excluding hydrogens is 244 g/mol. The van der Waals surface area contributed by atoms with E-state index in [-0.39, 0.29) is 11.9 Å². The third kappa shape index (κ3) is 3.38. The van der Waals surface area contributed by atoms with Gasteiger partial charge in [0.05, 0.1) is 19.8 Å². The summed E-state index contributed by atoms with van der Waals surface area (Å²) in [5.74, 6) is 1.31. The second kappa shape index (κ2) is 6.43. The van der Waals surface area contributed by atoms with E-state index >= 15 is 0 Å². The van der Waals surface area contributed by atoms with Gasteiger partial charge in [0.15, 0.2) is 11.5 Å². The minimum atomic E-state index is -0.0855. The van der Waals surface area contributed by atoms with Gasteiger partial charge in [-0.05, 0) is 38.4 Å². The van der Waals surface area contributed by atoms with Crippen molar-refractivity contribution in [2.45, 2.75) is 25.8 Å². The van der Waals surface area contributed by atoms with Crippen LogP contribution < -0.4 is 20.1 Å². The molecular formula is C14H20N2O3. The molecule has 1 aliphatic rings. The van der Waals surface area contributed by atoms with Crippen LogP contribution in [-0.4, -0.2) is 32.2 Å². The molecule has 1 fully saturated rings. The molecule has 5 heteroatoms. The maximum absolute atomic E-state index is 12.0. The Kier molecular flexibility index (Phi) is 4.63. The maximum Gasteiger partial charge on any atom is 0.241 e. The summed E-state index contributed by atoms with van der Waals surface area (Å²) in [4.78, 5) is 12.0. The van der Waals surface area contributed by atoms with Gasteiger partial charge in [-0.25, -0.2) is 0 Å². The zero-order chi connectivity index (χ0) is 13.7. The molecule has 1 amide bonds. The molecule has 1 heterocycles. The summed E-state index contributed by atoms with van der Waals surface area (Å²) in [6.07, 6.45) is 1.94. The van der Waals surface area contributed by atoms with E-state index in [0.29, 0.717) is 18.1 Å². The first-order chi connectivity index (χ1) is 9.24. The van der Waals surface area contributed by atoms with E-state index in [9.17, 15) is 4.79 Å². The van der Waals surface area contributed by atoms with E-state index in [2.05, 4.69) is 10.6 Å². The van der Waals surface area contributed by atoms with Crippen molar-refractivity contribution in [2.75, 3.05) is 25.6 Å². The number of ether oxygens (including phenoxy) is 2. The van der Waals surface area contributed by atoms with Crippen molar-refractivity contribution in [3.8, 4) is 11.5 Å². The van der Waals surface area contributed by atoms with Gasteiger partial charge in [0.2, 0.25) is 5.91 Å². The number of methoxy groups -OCH3 is 1. The average Bonchev–Trinajstić information content (AvgIpc) is 2.93. The van der Waals surface area contributed by atoms with Gasteiger partial charge in [0.25, 0.3) is 0 Å². The van der Waals surface area contributed by atoms with Crippen LogP contribution in [0.3, 0.4) is 0 Å². The summed E-state index contributed by atoms with van der Waals surface area (Å²) in [5, 5.41) is 6.07. The number of anilines is 1. The molecule has 0 aliphatic carbocycles. The first-order valence-electron chi connectivity index (χ1n) is 6.59. The van der Waals surface area contributed by atoms with Crippen molar-refractivity contribution >= 4 is 11.6 Å². The molecule has 104 valence electrons. The van der Waals surface area contributed by atoms with Crippen molar-refractivity contribution in [1.29, 1.82) is 0 Å². The summed E-state index contributed by atoms with van der Waals surface area (Å²) >= 11 is 0. The Morgan fingerprint density at radius 3 is 2.95 bits per heavy atom. The molecule has 0 bridgehead atoms. The van der Waals surface area contributed by atoms with Crippen molar-refractivity contribution in [3.63, 3.8) is 0 Å². The van der Waals surface area contributed by atoms with Crippen LogP contribution in [-0.2, 0) is 4.79 Å². The lowest BCUT2D eigenvalue weighted by molar-refractivity contribution is -0.117. The van der Waals surface area contributed by atoms with Gasteiger partial charge >= 0.3 is 0 Å². The Bertz CT molecular complexity index is 442. The molecule has 0 spiro atoms. The molecule has 1 atom stereocenters. The maximum atomic E-state index is 12.0. The number of nitrogens with one attached hydrogen (secondary N) is 2. The number of hydrogen-bond acceptors (Lipinski definition) is 4. The molecule has 1 aromatic rings. The summed E-state index contributed by atoms with van der Waals surface area (Å²) in [7, 11) is 1.60. The molecule has 0 radical (unpaired) electrons. The molecule has 1 saturated heterocycles. The monoisotopic (exact) mass is 264 g/mol. The first kappa shape index (κ1) is 13.7. The quantitative estimate of drug-likeness (QED) is 0.851. The minimum absolute atomic E-state index is 0.00474. The molecule has 2 N–H and O–H groups in total. The second-order valence-electron chi connectivity index (χ2n) is 4.44. The van der Waals surface area contributed by atoms with E-state index in [1.54, 1.807) is 19.2 Å². The van der Waals surface area contributed by atoms with Crippen LogP contribution in [0.4, 0.5) is 5.69 Å². The fourth-order valence-electron chi connectivity index (χ4n) is 2.16. The average molecular weight is 264 g/mol. The molecule has 5 nitrogen and oxygen atoms in total. The van der Waals surface area contributed by atoms with E-state index in [4.69, 9.17) is 9.47 Å². The molecule has 0 saturated carbocycles. The lowest BCUT2D eigenvalue weighted by Gasteiger charge is -2.14. The normalized spacial score (nSPS) is 18.1. The largest absolute Gasteiger partial charge is 0.493 e. The van der Waals surface area contributed by atoms with Crippen LogP contribution >= 0.6 is 0 Å². The van der Waals surface area contributed by atoms with E-state index in [0.717, 1.165) is 25.1 Å². The second-order valence-corrected chi connectivity index (χ2v) is 4.44. The molecule has 0 aromatic heterocycles. The van der Waals surface area contributed by atoms with Gasteiger partial charge in [-0.15, -0.1) is 0 Å². The topological polar surface area (TPSA) is 59.6 Å². The predicted octanol–water partition coefficient (Wildman–Crippen LogP) is 1.78. The van der Waals surface area contributed by atoms with E-state index in [1.807, 2.05) is 13.0 Å². The van der Waals surface area contributed by atoms with Crippen molar-refractivity contribution in [1.82, 2.24) is 5.32 Å². The highest BCUT2D eigenvalue weighted by Gasteiger charge is 2.22. The Labute approximate surface area is 113 Å². The number of benzene rings is 1. The van der Waals surface area contributed by atoms with Crippen LogP contribution in [0.5, 0.6) is 11.5 Å². The van der Waals surface area contributed by atoms with Gasteiger partial charge in [0.1, 0.15) is 0 Å². The van der Waals surface area contributed by atoms with Gasteiger partial charge in [0, 0.05) is 11.8 Å². The fraction of sp³-hybridized carbons (Fsp3) is 0.500. The predicted molar refractivity (Wildman–Crippen MR) is 73.8 cm³/mol. The Hall–Kier alpha value is -1.75. The van der Waals surface area contributed by atoms with Crippen molar-refractivity contribution in [3.05, 3.63) is 18.2 Å². The summed E-state index contributed by atoms with van der Waals surface area (Å²) < 4.78 is 10.7. The van der Waals surface area contributed by atoms with Crippen LogP contribution in [0.2, 0.25) is 0 Å². The number of rotatable bonds is 5. The first-order valence-corrected chi connectivity index (χ1v) is 6.59. The molecule has 1 unspecified atom stereocenters. The molecule has 19 heavy (non-hydrogen) atoms. The number of amides is 1. The highest BCUT2D eigenvalue weighted by Crippen LogP contribution is 2.30. The van der Waals surface area contributed by atoms with Gasteiger partial charge in [-0.2, -0.15) is 0 Å². The molecule has 1 aliphatic heterocycles. The van der Waals surface area contributed by atoms with Crippen molar-refractivity contribution < 1.29 is 14.3 Å². The van der Waals surface area contributed by atoms with Crippen molar-refractivity contribution in [2.24, 2.45) is 0 Å². The summed E-state index contributed by atoms with van der Waals surface area (Å²) in [5.41, 5.74) is 0.725. The highest BCUT2D eigenvalue weighted by molar-refractivity contribution is 5.95. The molecule has 2 rings (SSSR count). The third-order valence-electron chi connectivity index (χ3n) is 3.11. The minimum Gasteiger partial charge on any atom is -0.493 e. The Balaban J connectivity index is 2.07.